The Labute approximate surface area is 122 Å². The number of ether oxygens (including phenoxy) is 1. The lowest BCUT2D eigenvalue weighted by Crippen LogP contribution is -2.51. The maximum Gasteiger partial charge on any atom is 0.0733 e. The second-order valence-electron chi connectivity index (χ2n) is 6.46. The highest BCUT2D eigenvalue weighted by atomic mass is 16.5. The average molecular weight is 274 g/mol. The molecule has 1 aliphatic heterocycles. The van der Waals surface area contributed by atoms with E-state index >= 15 is 0 Å². The molecule has 1 heterocycles. The third-order valence-corrected chi connectivity index (χ3v) is 4.76. The molecule has 1 aromatic rings. The van der Waals surface area contributed by atoms with Crippen molar-refractivity contribution in [3.05, 3.63) is 29.8 Å². The topological polar surface area (TPSA) is 24.5 Å². The molecule has 1 aromatic carbocycles. The van der Waals surface area contributed by atoms with Gasteiger partial charge >= 0.3 is 0 Å². The molecule has 1 atom stereocenters. The monoisotopic (exact) mass is 274 g/mol. The molecule has 1 saturated heterocycles. The van der Waals surface area contributed by atoms with Crippen LogP contribution in [0.1, 0.15) is 31.7 Å². The van der Waals surface area contributed by atoms with E-state index in [0.717, 1.165) is 25.6 Å². The van der Waals surface area contributed by atoms with Crippen molar-refractivity contribution in [1.29, 1.82) is 0 Å². The molecule has 2 fully saturated rings. The maximum absolute atomic E-state index is 5.36. The first-order chi connectivity index (χ1) is 9.73. The zero-order chi connectivity index (χ0) is 14.0. The van der Waals surface area contributed by atoms with Crippen LogP contribution in [0.2, 0.25) is 0 Å². The van der Waals surface area contributed by atoms with Gasteiger partial charge < -0.3 is 15.0 Å². The van der Waals surface area contributed by atoms with Crippen molar-refractivity contribution in [2.45, 2.75) is 38.3 Å². The summed E-state index contributed by atoms with van der Waals surface area (Å²) in [7, 11) is 1.77. The first-order valence-electron chi connectivity index (χ1n) is 7.80. The number of methoxy groups -OCH3 is 1. The van der Waals surface area contributed by atoms with Crippen LogP contribution in [0.15, 0.2) is 24.3 Å². The highest BCUT2D eigenvalue weighted by Crippen LogP contribution is 2.41. The Morgan fingerprint density at radius 2 is 2.15 bits per heavy atom. The Morgan fingerprint density at radius 3 is 2.90 bits per heavy atom. The highest BCUT2D eigenvalue weighted by Gasteiger charge is 2.43. The van der Waals surface area contributed by atoms with Crippen LogP contribution in [0.4, 0.5) is 5.69 Å². The van der Waals surface area contributed by atoms with Gasteiger partial charge in [-0.15, -0.1) is 0 Å². The quantitative estimate of drug-likeness (QED) is 0.913. The van der Waals surface area contributed by atoms with Gasteiger partial charge in [0.1, 0.15) is 0 Å². The molecule has 110 valence electrons. The highest BCUT2D eigenvalue weighted by molar-refractivity contribution is 5.54. The zero-order valence-electron chi connectivity index (χ0n) is 12.7. The summed E-state index contributed by atoms with van der Waals surface area (Å²) in [5.74, 6) is 0.859. The molecule has 20 heavy (non-hydrogen) atoms. The van der Waals surface area contributed by atoms with Crippen molar-refractivity contribution in [3.63, 3.8) is 0 Å². The summed E-state index contributed by atoms with van der Waals surface area (Å²) in [5, 5.41) is 3.80. The van der Waals surface area contributed by atoms with Crippen LogP contribution in [0.5, 0.6) is 0 Å². The van der Waals surface area contributed by atoms with Gasteiger partial charge in [0, 0.05) is 37.0 Å². The molecule has 3 nitrogen and oxygen atoms in total. The van der Waals surface area contributed by atoms with Crippen molar-refractivity contribution in [2.24, 2.45) is 5.92 Å². The molecule has 0 bridgehead atoms. The van der Waals surface area contributed by atoms with Crippen molar-refractivity contribution in [1.82, 2.24) is 5.32 Å². The molecule has 2 aliphatic rings. The summed E-state index contributed by atoms with van der Waals surface area (Å²) >= 11 is 0. The fraction of sp³-hybridized carbons (Fsp3) is 0.647. The van der Waals surface area contributed by atoms with Crippen LogP contribution < -0.4 is 10.2 Å². The molecule has 0 radical (unpaired) electrons. The van der Waals surface area contributed by atoms with E-state index in [1.165, 1.54) is 30.5 Å². The molecule has 3 heteroatoms. The predicted molar refractivity (Wildman–Crippen MR) is 83.1 cm³/mol. The van der Waals surface area contributed by atoms with Gasteiger partial charge in [-0.2, -0.15) is 0 Å². The van der Waals surface area contributed by atoms with E-state index in [0.29, 0.717) is 6.61 Å². The Balaban J connectivity index is 1.84. The number of nitrogens with zero attached hydrogens (tertiary/aromatic N) is 1. The first-order valence-corrected chi connectivity index (χ1v) is 7.80. The van der Waals surface area contributed by atoms with Gasteiger partial charge in [0.15, 0.2) is 0 Å². The number of nitrogens with one attached hydrogen (secondary N) is 1. The number of rotatable bonds is 4. The zero-order valence-corrected chi connectivity index (χ0v) is 12.7. The van der Waals surface area contributed by atoms with E-state index in [1.807, 2.05) is 0 Å². The van der Waals surface area contributed by atoms with Gasteiger partial charge in [-0.25, -0.2) is 0 Å². The third kappa shape index (κ3) is 2.84. The van der Waals surface area contributed by atoms with Crippen LogP contribution in [0, 0.1) is 5.92 Å². The summed E-state index contributed by atoms with van der Waals surface area (Å²) in [6.45, 7) is 6.48. The normalized spacial score (nSPS) is 27.4. The predicted octanol–water partition coefficient (Wildman–Crippen LogP) is 2.80. The SMILES string of the molecule is COCc1ccccc1N1CCCNC(C)(C2CC2)C1. The van der Waals surface area contributed by atoms with Gasteiger partial charge in [0.25, 0.3) is 0 Å². The molecular formula is C17H26N2O. The Kier molecular flexibility index (Phi) is 3.99. The second kappa shape index (κ2) is 5.74. The lowest BCUT2D eigenvalue weighted by atomic mass is 9.95. The van der Waals surface area contributed by atoms with Gasteiger partial charge in [-0.3, -0.25) is 0 Å². The fourth-order valence-corrected chi connectivity index (χ4v) is 3.47. The number of para-hydroxylation sites is 1. The molecule has 1 saturated carbocycles. The van der Waals surface area contributed by atoms with Crippen molar-refractivity contribution in [3.8, 4) is 0 Å². The molecular weight excluding hydrogens is 248 g/mol. The molecule has 1 aliphatic carbocycles. The molecule has 1 N–H and O–H groups in total. The number of hydrogen-bond acceptors (Lipinski definition) is 3. The minimum atomic E-state index is 0.274. The van der Waals surface area contributed by atoms with Crippen molar-refractivity contribution >= 4 is 5.69 Å². The molecule has 1 unspecified atom stereocenters. The standard InChI is InChI=1S/C17H26N2O/c1-17(15-8-9-15)13-19(11-5-10-18-17)16-7-4-3-6-14(16)12-20-2/h3-4,6-7,15,18H,5,8-13H2,1-2H3. The lowest BCUT2D eigenvalue weighted by molar-refractivity contribution is 0.185. The Bertz CT molecular complexity index is 458. The number of anilines is 1. The minimum absolute atomic E-state index is 0.274. The molecule has 0 spiro atoms. The van der Waals surface area contributed by atoms with Crippen molar-refractivity contribution < 1.29 is 4.74 Å². The summed E-state index contributed by atoms with van der Waals surface area (Å²) in [6.07, 6.45) is 3.98. The van der Waals surface area contributed by atoms with Gasteiger partial charge in [-0.1, -0.05) is 18.2 Å². The van der Waals surface area contributed by atoms with E-state index in [9.17, 15) is 0 Å². The summed E-state index contributed by atoms with van der Waals surface area (Å²) in [5.41, 5.74) is 2.93. The van der Waals surface area contributed by atoms with Crippen LogP contribution in [0.25, 0.3) is 0 Å². The van der Waals surface area contributed by atoms with Crippen molar-refractivity contribution in [2.75, 3.05) is 31.6 Å². The van der Waals surface area contributed by atoms with Crippen LogP contribution in [-0.2, 0) is 11.3 Å². The van der Waals surface area contributed by atoms with Gasteiger partial charge in [0.05, 0.1) is 6.61 Å². The van der Waals surface area contributed by atoms with Gasteiger partial charge in [-0.05, 0) is 44.7 Å². The van der Waals surface area contributed by atoms with E-state index in [4.69, 9.17) is 4.74 Å². The number of hydrogen-bond donors (Lipinski definition) is 1. The smallest absolute Gasteiger partial charge is 0.0733 e. The van der Waals surface area contributed by atoms with E-state index in [1.54, 1.807) is 7.11 Å². The summed E-state index contributed by atoms with van der Waals surface area (Å²) in [4.78, 5) is 2.56. The average Bonchev–Trinajstić information content (AvgIpc) is 3.27. The number of benzene rings is 1. The Hall–Kier alpha value is -1.06. The maximum atomic E-state index is 5.36. The van der Waals surface area contributed by atoms with E-state index in [2.05, 4.69) is 41.4 Å². The summed E-state index contributed by atoms with van der Waals surface area (Å²) < 4.78 is 5.36. The van der Waals surface area contributed by atoms with Crippen LogP contribution in [-0.4, -0.2) is 32.3 Å². The largest absolute Gasteiger partial charge is 0.380 e. The molecule has 0 amide bonds. The first kappa shape index (κ1) is 13.9. The fourth-order valence-electron chi connectivity index (χ4n) is 3.47. The lowest BCUT2D eigenvalue weighted by Gasteiger charge is -2.35. The van der Waals surface area contributed by atoms with E-state index < -0.39 is 0 Å². The van der Waals surface area contributed by atoms with Crippen LogP contribution in [0.3, 0.4) is 0 Å². The molecule has 3 rings (SSSR count). The van der Waals surface area contributed by atoms with Gasteiger partial charge in [0.2, 0.25) is 0 Å². The summed E-state index contributed by atoms with van der Waals surface area (Å²) in [6, 6.07) is 8.67. The van der Waals surface area contributed by atoms with E-state index in [-0.39, 0.29) is 5.54 Å². The minimum Gasteiger partial charge on any atom is -0.380 e. The Morgan fingerprint density at radius 1 is 1.35 bits per heavy atom. The molecule has 0 aromatic heterocycles. The third-order valence-electron chi connectivity index (χ3n) is 4.76. The second-order valence-corrected chi connectivity index (χ2v) is 6.46. The van der Waals surface area contributed by atoms with Crippen LogP contribution >= 0.6 is 0 Å².